The zero-order valence-electron chi connectivity index (χ0n) is 15.3. The minimum atomic E-state index is -3.93. The number of sulfonamides is 1. The summed E-state index contributed by atoms with van der Waals surface area (Å²) in [6, 6.07) is 12.6. The van der Waals surface area contributed by atoms with Gasteiger partial charge in [-0.15, -0.1) is 0 Å². The highest BCUT2D eigenvalue weighted by Gasteiger charge is 2.26. The number of hydrogen-bond donors (Lipinski definition) is 3. The molecule has 7 nitrogen and oxygen atoms in total. The molecule has 0 aliphatic rings. The van der Waals surface area contributed by atoms with Crippen LogP contribution >= 0.6 is 0 Å². The van der Waals surface area contributed by atoms with Gasteiger partial charge in [0.05, 0.1) is 18.6 Å². The van der Waals surface area contributed by atoms with Gasteiger partial charge in [0, 0.05) is 6.54 Å². The predicted molar refractivity (Wildman–Crippen MR) is 102 cm³/mol. The molecule has 0 saturated heterocycles. The second-order valence-electron chi connectivity index (χ2n) is 6.01. The molecule has 0 radical (unpaired) electrons. The number of ether oxygens (including phenoxy) is 1. The molecule has 1 atom stereocenters. The number of carbonyl (C=O) groups excluding carboxylic acids is 1. The first-order valence-electron chi connectivity index (χ1n) is 8.47. The summed E-state index contributed by atoms with van der Waals surface area (Å²) < 4.78 is 33.2. The van der Waals surface area contributed by atoms with Crippen molar-refractivity contribution >= 4 is 15.9 Å². The van der Waals surface area contributed by atoms with Crippen LogP contribution in [0.4, 0.5) is 0 Å². The Bertz CT molecular complexity index is 869. The Balaban J connectivity index is 2.26. The molecule has 2 aromatic rings. The Morgan fingerprint density at radius 3 is 2.48 bits per heavy atom. The number of hydrogen-bond acceptors (Lipinski definition) is 5. The summed E-state index contributed by atoms with van der Waals surface area (Å²) in [6.45, 7) is 1.56. The van der Waals surface area contributed by atoms with E-state index in [1.165, 1.54) is 19.2 Å². The van der Waals surface area contributed by atoms with Crippen molar-refractivity contribution in [1.29, 1.82) is 0 Å². The summed E-state index contributed by atoms with van der Waals surface area (Å²) >= 11 is 0. The van der Waals surface area contributed by atoms with Crippen LogP contribution in [0, 0.1) is 6.92 Å². The number of methoxy groups -OCH3 is 1. The lowest BCUT2D eigenvalue weighted by molar-refractivity contribution is -0.122. The van der Waals surface area contributed by atoms with Crippen LogP contribution in [0.15, 0.2) is 53.4 Å². The molecule has 27 heavy (non-hydrogen) atoms. The van der Waals surface area contributed by atoms with Crippen molar-refractivity contribution < 1.29 is 23.1 Å². The standard InChI is InChI=1S/C19H24N2O5S/c1-14-12-16(8-9-18(14)26-2)27(24,25)21-17(19(23)20-10-11-22)13-15-6-4-3-5-7-15/h3-9,12,17,21-22H,10-11,13H2,1-2H3,(H,20,23). The number of aliphatic hydroxyl groups is 1. The maximum Gasteiger partial charge on any atom is 0.241 e. The predicted octanol–water partition coefficient (Wildman–Crippen LogP) is 1.00. The number of benzene rings is 2. The molecular weight excluding hydrogens is 368 g/mol. The Morgan fingerprint density at radius 2 is 1.89 bits per heavy atom. The molecule has 1 amide bonds. The van der Waals surface area contributed by atoms with Gasteiger partial charge in [-0.3, -0.25) is 4.79 Å². The first-order valence-corrected chi connectivity index (χ1v) is 9.95. The van der Waals surface area contributed by atoms with Gasteiger partial charge >= 0.3 is 0 Å². The van der Waals surface area contributed by atoms with Crippen LogP contribution < -0.4 is 14.8 Å². The van der Waals surface area contributed by atoms with E-state index in [-0.39, 0.29) is 24.5 Å². The molecule has 0 fully saturated rings. The molecule has 0 saturated carbocycles. The van der Waals surface area contributed by atoms with Gasteiger partial charge in [-0.1, -0.05) is 30.3 Å². The van der Waals surface area contributed by atoms with Gasteiger partial charge < -0.3 is 15.2 Å². The summed E-state index contributed by atoms with van der Waals surface area (Å²) in [4.78, 5) is 12.5. The number of aryl methyl sites for hydroxylation is 1. The maximum absolute atomic E-state index is 12.8. The molecule has 146 valence electrons. The van der Waals surface area contributed by atoms with Gasteiger partial charge in [-0.2, -0.15) is 4.72 Å². The van der Waals surface area contributed by atoms with Crippen LogP contribution in [-0.2, 0) is 21.2 Å². The molecule has 1 unspecified atom stereocenters. The van der Waals surface area contributed by atoms with E-state index in [2.05, 4.69) is 10.0 Å². The Hall–Kier alpha value is -2.42. The molecule has 2 rings (SSSR count). The molecule has 2 aromatic carbocycles. The van der Waals surface area contributed by atoms with E-state index < -0.39 is 22.0 Å². The Labute approximate surface area is 159 Å². The van der Waals surface area contributed by atoms with E-state index in [0.717, 1.165) is 5.56 Å². The van der Waals surface area contributed by atoms with Crippen molar-refractivity contribution in [3.8, 4) is 5.75 Å². The van der Waals surface area contributed by atoms with E-state index in [1.807, 2.05) is 30.3 Å². The van der Waals surface area contributed by atoms with Crippen LogP contribution in [0.5, 0.6) is 5.75 Å². The van der Waals surface area contributed by atoms with E-state index in [4.69, 9.17) is 9.84 Å². The van der Waals surface area contributed by atoms with E-state index in [0.29, 0.717) is 11.3 Å². The highest BCUT2D eigenvalue weighted by Crippen LogP contribution is 2.21. The normalized spacial score (nSPS) is 12.4. The number of carbonyl (C=O) groups is 1. The second-order valence-corrected chi connectivity index (χ2v) is 7.72. The molecule has 0 bridgehead atoms. The van der Waals surface area contributed by atoms with Crippen molar-refractivity contribution in [1.82, 2.24) is 10.0 Å². The SMILES string of the molecule is COc1ccc(S(=O)(=O)NC(Cc2ccccc2)C(=O)NCCO)cc1C. The van der Waals surface area contributed by atoms with E-state index >= 15 is 0 Å². The zero-order chi connectivity index (χ0) is 19.9. The Kier molecular flexibility index (Phi) is 7.35. The highest BCUT2D eigenvalue weighted by atomic mass is 32.2. The second kappa shape index (κ2) is 9.50. The van der Waals surface area contributed by atoms with Crippen LogP contribution in [0.2, 0.25) is 0 Å². The van der Waals surface area contributed by atoms with Crippen molar-refractivity contribution in [2.24, 2.45) is 0 Å². The maximum atomic E-state index is 12.8. The average Bonchev–Trinajstić information content (AvgIpc) is 2.66. The molecule has 0 aliphatic heterocycles. The van der Waals surface area contributed by atoms with Gasteiger partial charge in [0.2, 0.25) is 15.9 Å². The molecule has 0 aromatic heterocycles. The van der Waals surface area contributed by atoms with E-state index in [9.17, 15) is 13.2 Å². The van der Waals surface area contributed by atoms with Crippen molar-refractivity contribution in [2.75, 3.05) is 20.3 Å². The van der Waals surface area contributed by atoms with E-state index in [1.54, 1.807) is 13.0 Å². The quantitative estimate of drug-likeness (QED) is 0.591. The van der Waals surface area contributed by atoms with Crippen LogP contribution in [0.3, 0.4) is 0 Å². The van der Waals surface area contributed by atoms with Gasteiger partial charge in [0.25, 0.3) is 0 Å². The summed E-state index contributed by atoms with van der Waals surface area (Å²) in [6.07, 6.45) is 0.187. The third kappa shape index (κ3) is 5.78. The van der Waals surface area contributed by atoms with Crippen molar-refractivity contribution in [2.45, 2.75) is 24.3 Å². The molecular formula is C19H24N2O5S. The summed E-state index contributed by atoms with van der Waals surface area (Å²) in [5, 5.41) is 11.4. The number of amides is 1. The summed E-state index contributed by atoms with van der Waals surface area (Å²) in [5.41, 5.74) is 1.49. The lowest BCUT2D eigenvalue weighted by atomic mass is 10.1. The molecule has 0 heterocycles. The number of aliphatic hydroxyl groups excluding tert-OH is 1. The summed E-state index contributed by atoms with van der Waals surface area (Å²) in [5.74, 6) is 0.0807. The van der Waals surface area contributed by atoms with Crippen LogP contribution in [0.1, 0.15) is 11.1 Å². The lowest BCUT2D eigenvalue weighted by Crippen LogP contribution is -2.48. The first kappa shape index (κ1) is 20.9. The van der Waals surface area contributed by atoms with Gasteiger partial charge in [0.1, 0.15) is 11.8 Å². The zero-order valence-corrected chi connectivity index (χ0v) is 16.1. The third-order valence-electron chi connectivity index (χ3n) is 3.98. The first-order chi connectivity index (χ1) is 12.9. The molecule has 0 spiro atoms. The topological polar surface area (TPSA) is 105 Å². The highest BCUT2D eigenvalue weighted by molar-refractivity contribution is 7.89. The molecule has 8 heteroatoms. The van der Waals surface area contributed by atoms with Crippen LogP contribution in [-0.4, -0.2) is 45.7 Å². The molecule has 0 aliphatic carbocycles. The van der Waals surface area contributed by atoms with Gasteiger partial charge in [0.15, 0.2) is 0 Å². The monoisotopic (exact) mass is 392 g/mol. The van der Waals surface area contributed by atoms with Crippen LogP contribution in [0.25, 0.3) is 0 Å². The fourth-order valence-corrected chi connectivity index (χ4v) is 3.89. The smallest absolute Gasteiger partial charge is 0.241 e. The van der Waals surface area contributed by atoms with Gasteiger partial charge in [-0.25, -0.2) is 8.42 Å². The summed E-state index contributed by atoms with van der Waals surface area (Å²) in [7, 11) is -2.42. The minimum Gasteiger partial charge on any atom is -0.496 e. The fraction of sp³-hybridized carbons (Fsp3) is 0.316. The lowest BCUT2D eigenvalue weighted by Gasteiger charge is -2.19. The molecule has 3 N–H and O–H groups in total. The third-order valence-corrected chi connectivity index (χ3v) is 5.45. The Morgan fingerprint density at radius 1 is 1.19 bits per heavy atom. The number of rotatable bonds is 9. The average molecular weight is 392 g/mol. The van der Waals surface area contributed by atoms with Crippen molar-refractivity contribution in [3.63, 3.8) is 0 Å². The largest absolute Gasteiger partial charge is 0.496 e. The minimum absolute atomic E-state index is 0.0491. The van der Waals surface area contributed by atoms with Crippen molar-refractivity contribution in [3.05, 3.63) is 59.7 Å². The fourth-order valence-electron chi connectivity index (χ4n) is 2.61. The van der Waals surface area contributed by atoms with Gasteiger partial charge in [-0.05, 0) is 42.7 Å². The number of nitrogens with one attached hydrogen (secondary N) is 2.